The second-order valence-electron chi connectivity index (χ2n) is 3.87. The van der Waals surface area contributed by atoms with Crippen LogP contribution in [0.25, 0.3) is 6.08 Å². The number of aryl methyl sites for hydroxylation is 1. The van der Waals surface area contributed by atoms with Crippen LogP contribution in [0.3, 0.4) is 0 Å². The van der Waals surface area contributed by atoms with Gasteiger partial charge in [0.15, 0.2) is 0 Å². The number of carboxylic acids is 1. The molecule has 1 saturated heterocycles. The zero-order chi connectivity index (χ0) is 14.0. The number of carboxylic acid groups (broad SMARTS) is 1. The normalized spacial score (nSPS) is 17.3. The molecule has 1 amide bonds. The van der Waals surface area contributed by atoms with Crippen molar-refractivity contribution in [1.29, 1.82) is 0 Å². The van der Waals surface area contributed by atoms with E-state index in [-0.39, 0.29) is 10.2 Å². The van der Waals surface area contributed by atoms with E-state index in [2.05, 4.69) is 4.98 Å². The number of carbonyl (C=O) groups excluding carboxylic acids is 1. The minimum Gasteiger partial charge on any atom is -0.480 e. The van der Waals surface area contributed by atoms with E-state index in [9.17, 15) is 9.59 Å². The highest BCUT2D eigenvalue weighted by molar-refractivity contribution is 8.26. The minimum absolute atomic E-state index is 0.256. The molecule has 2 rings (SSSR count). The summed E-state index contributed by atoms with van der Waals surface area (Å²) in [6.07, 6.45) is 1.62. The molecule has 19 heavy (non-hydrogen) atoms. The first kappa shape index (κ1) is 13.7. The molecule has 7 heteroatoms. The molecule has 0 aromatic carbocycles. The van der Waals surface area contributed by atoms with Crippen molar-refractivity contribution in [2.24, 2.45) is 0 Å². The third-order valence-electron chi connectivity index (χ3n) is 2.36. The topological polar surface area (TPSA) is 70.5 Å². The number of thioether (sulfide) groups is 1. The van der Waals surface area contributed by atoms with E-state index in [1.807, 2.05) is 19.1 Å². The molecule has 5 nitrogen and oxygen atoms in total. The van der Waals surface area contributed by atoms with Gasteiger partial charge in [-0.2, -0.15) is 0 Å². The summed E-state index contributed by atoms with van der Waals surface area (Å²) in [6.45, 7) is 1.44. The lowest BCUT2D eigenvalue weighted by atomic mass is 10.3. The Morgan fingerprint density at radius 2 is 2.32 bits per heavy atom. The maximum atomic E-state index is 12.0. The van der Waals surface area contributed by atoms with Gasteiger partial charge >= 0.3 is 5.97 Å². The highest BCUT2D eigenvalue weighted by atomic mass is 32.2. The summed E-state index contributed by atoms with van der Waals surface area (Å²) in [5.41, 5.74) is 1.49. The molecule has 0 bridgehead atoms. The lowest BCUT2D eigenvalue weighted by Crippen LogP contribution is -2.33. The van der Waals surface area contributed by atoms with E-state index in [0.29, 0.717) is 10.6 Å². The van der Waals surface area contributed by atoms with Crippen molar-refractivity contribution in [3.8, 4) is 0 Å². The molecule has 0 radical (unpaired) electrons. The maximum Gasteiger partial charge on any atom is 0.323 e. The standard InChI is InChI=1S/C12H10N2O3S2/c1-7-3-2-4-8(13-7)5-9-11(17)14(6-10(15)16)12(18)19-9/h2-5H,6H2,1H3,(H,15,16). The van der Waals surface area contributed by atoms with Crippen molar-refractivity contribution < 1.29 is 14.7 Å². The number of nitrogens with zero attached hydrogens (tertiary/aromatic N) is 2. The quantitative estimate of drug-likeness (QED) is 0.675. The average Bonchev–Trinajstić information content (AvgIpc) is 2.57. The van der Waals surface area contributed by atoms with Crippen LogP contribution in [0, 0.1) is 6.92 Å². The van der Waals surface area contributed by atoms with Crippen molar-refractivity contribution in [3.05, 3.63) is 34.5 Å². The van der Waals surface area contributed by atoms with Crippen molar-refractivity contribution in [2.45, 2.75) is 6.92 Å². The van der Waals surface area contributed by atoms with Gasteiger partial charge in [-0.1, -0.05) is 30.0 Å². The third-order valence-corrected chi connectivity index (χ3v) is 3.73. The van der Waals surface area contributed by atoms with Gasteiger partial charge < -0.3 is 5.11 Å². The van der Waals surface area contributed by atoms with Crippen molar-refractivity contribution in [1.82, 2.24) is 9.88 Å². The fraction of sp³-hybridized carbons (Fsp3) is 0.167. The summed E-state index contributed by atoms with van der Waals surface area (Å²) in [5, 5.41) is 8.73. The van der Waals surface area contributed by atoms with Crippen molar-refractivity contribution in [2.75, 3.05) is 6.54 Å². The van der Waals surface area contributed by atoms with Crippen LogP contribution in [-0.2, 0) is 9.59 Å². The number of aliphatic carboxylic acids is 1. The molecule has 0 aliphatic carbocycles. The van der Waals surface area contributed by atoms with Crippen LogP contribution in [0.2, 0.25) is 0 Å². The number of pyridine rings is 1. The maximum absolute atomic E-state index is 12.0. The van der Waals surface area contributed by atoms with Gasteiger partial charge in [0.2, 0.25) is 0 Å². The molecule has 98 valence electrons. The van der Waals surface area contributed by atoms with Crippen LogP contribution in [0.4, 0.5) is 0 Å². The Bertz CT molecular complexity index is 598. The van der Waals surface area contributed by atoms with E-state index >= 15 is 0 Å². The molecule has 1 fully saturated rings. The Labute approximate surface area is 119 Å². The smallest absolute Gasteiger partial charge is 0.323 e. The molecule has 0 unspecified atom stereocenters. The molecular formula is C12H10N2O3S2. The Hall–Kier alpha value is -1.73. The van der Waals surface area contributed by atoms with E-state index in [4.69, 9.17) is 17.3 Å². The molecule has 0 atom stereocenters. The van der Waals surface area contributed by atoms with E-state index < -0.39 is 12.5 Å². The van der Waals surface area contributed by atoms with Crippen LogP contribution in [0.1, 0.15) is 11.4 Å². The van der Waals surface area contributed by atoms with Crippen molar-refractivity contribution >= 4 is 46.3 Å². The van der Waals surface area contributed by atoms with Crippen LogP contribution in [0.5, 0.6) is 0 Å². The van der Waals surface area contributed by atoms with Crippen molar-refractivity contribution in [3.63, 3.8) is 0 Å². The second-order valence-corrected chi connectivity index (χ2v) is 5.54. The summed E-state index contributed by atoms with van der Waals surface area (Å²) >= 11 is 6.09. The van der Waals surface area contributed by atoms with Gasteiger partial charge in [0.05, 0.1) is 10.6 Å². The summed E-state index contributed by atoms with van der Waals surface area (Å²) in [5.74, 6) is -1.48. The zero-order valence-corrected chi connectivity index (χ0v) is 11.6. The van der Waals surface area contributed by atoms with Crippen LogP contribution in [-0.4, -0.2) is 37.7 Å². The number of aromatic nitrogens is 1. The first-order valence-electron chi connectivity index (χ1n) is 5.38. The fourth-order valence-corrected chi connectivity index (χ4v) is 2.79. The summed E-state index contributed by atoms with van der Waals surface area (Å²) in [6, 6.07) is 5.47. The minimum atomic E-state index is -1.09. The number of rotatable bonds is 3. The molecule has 0 saturated carbocycles. The SMILES string of the molecule is Cc1cccc(C=C2SC(=S)N(CC(=O)O)C2=O)n1. The largest absolute Gasteiger partial charge is 0.480 e. The first-order chi connectivity index (χ1) is 8.97. The Balaban J connectivity index is 2.25. The number of carbonyl (C=O) groups is 2. The third kappa shape index (κ3) is 3.18. The molecule has 1 aromatic rings. The van der Waals surface area contributed by atoms with Gasteiger partial charge in [-0.15, -0.1) is 0 Å². The van der Waals surface area contributed by atoms with E-state index in [1.54, 1.807) is 12.1 Å². The van der Waals surface area contributed by atoms with Gasteiger partial charge in [-0.05, 0) is 25.1 Å². The number of thiocarbonyl (C=S) groups is 1. The van der Waals surface area contributed by atoms with Crippen LogP contribution < -0.4 is 0 Å². The van der Waals surface area contributed by atoms with E-state index in [0.717, 1.165) is 22.4 Å². The molecular weight excluding hydrogens is 284 g/mol. The van der Waals surface area contributed by atoms with Crippen LogP contribution >= 0.6 is 24.0 Å². The lowest BCUT2D eigenvalue weighted by molar-refractivity contribution is -0.140. The Kier molecular flexibility index (Phi) is 3.96. The van der Waals surface area contributed by atoms with Gasteiger partial charge in [0.1, 0.15) is 10.9 Å². The lowest BCUT2D eigenvalue weighted by Gasteiger charge is -2.10. The number of hydrogen-bond donors (Lipinski definition) is 1. The highest BCUT2D eigenvalue weighted by Crippen LogP contribution is 2.31. The average molecular weight is 294 g/mol. The van der Waals surface area contributed by atoms with E-state index in [1.165, 1.54) is 0 Å². The predicted octanol–water partition coefficient (Wildman–Crippen LogP) is 1.68. The van der Waals surface area contributed by atoms with Gasteiger partial charge in [0, 0.05) is 5.69 Å². The summed E-state index contributed by atoms with van der Waals surface area (Å²) in [4.78, 5) is 28.4. The number of amides is 1. The zero-order valence-electron chi connectivity index (χ0n) is 9.99. The molecule has 1 N–H and O–H groups in total. The monoisotopic (exact) mass is 294 g/mol. The number of hydrogen-bond acceptors (Lipinski definition) is 5. The van der Waals surface area contributed by atoms with Crippen LogP contribution in [0.15, 0.2) is 23.1 Å². The van der Waals surface area contributed by atoms with Gasteiger partial charge in [-0.25, -0.2) is 0 Å². The fourth-order valence-electron chi connectivity index (χ4n) is 1.55. The summed E-state index contributed by atoms with van der Waals surface area (Å²) < 4.78 is 0.256. The molecule has 1 aromatic heterocycles. The van der Waals surface area contributed by atoms with Gasteiger partial charge in [0.25, 0.3) is 5.91 Å². The predicted molar refractivity (Wildman–Crippen MR) is 76.5 cm³/mol. The first-order valence-corrected chi connectivity index (χ1v) is 6.60. The van der Waals surface area contributed by atoms with Gasteiger partial charge in [-0.3, -0.25) is 19.5 Å². The molecule has 2 heterocycles. The Morgan fingerprint density at radius 3 is 2.95 bits per heavy atom. The molecule has 1 aliphatic heterocycles. The highest BCUT2D eigenvalue weighted by Gasteiger charge is 2.33. The molecule has 1 aliphatic rings. The summed E-state index contributed by atoms with van der Waals surface area (Å²) in [7, 11) is 0. The Morgan fingerprint density at radius 1 is 1.58 bits per heavy atom. The second kappa shape index (κ2) is 5.50. The molecule has 0 spiro atoms.